The van der Waals surface area contributed by atoms with Crippen molar-refractivity contribution in [2.24, 2.45) is 0 Å². The second-order valence-electron chi connectivity index (χ2n) is 9.86. The molecule has 3 heterocycles. The van der Waals surface area contributed by atoms with Gasteiger partial charge in [-0.2, -0.15) is 0 Å². The summed E-state index contributed by atoms with van der Waals surface area (Å²) < 4.78 is 17.7. The van der Waals surface area contributed by atoms with Gasteiger partial charge in [0.25, 0.3) is 0 Å². The van der Waals surface area contributed by atoms with Crippen LogP contribution in [0.3, 0.4) is 0 Å². The quantitative estimate of drug-likeness (QED) is 0.700. The number of anilines is 1. The predicted octanol–water partition coefficient (Wildman–Crippen LogP) is 2.22. The van der Waals surface area contributed by atoms with Crippen LogP contribution in [-0.2, 0) is 14.0 Å². The normalized spacial score (nSPS) is 24.0. The number of rotatable bonds is 2. The van der Waals surface area contributed by atoms with Gasteiger partial charge in [-0.3, -0.25) is 4.98 Å². The molecule has 0 unspecified atom stereocenters. The SMILES string of the molecule is C[C@@H]1CN(C(=O)OC(C)(C)C)CCN1c1cncc(B2OC(C)(C)C(C)(C)O2)n1. The van der Waals surface area contributed by atoms with Gasteiger partial charge in [0.15, 0.2) is 0 Å². The van der Waals surface area contributed by atoms with Crippen LogP contribution < -0.4 is 10.5 Å². The molecule has 2 aliphatic rings. The Balaban J connectivity index is 1.70. The summed E-state index contributed by atoms with van der Waals surface area (Å²) in [5.74, 6) is 0.758. The van der Waals surface area contributed by atoms with Gasteiger partial charge in [0.1, 0.15) is 11.4 Å². The Bertz CT molecular complexity index is 749. The highest BCUT2D eigenvalue weighted by molar-refractivity contribution is 6.61. The smallest absolute Gasteiger partial charge is 0.444 e. The predicted molar refractivity (Wildman–Crippen MR) is 112 cm³/mol. The Kier molecular flexibility index (Phi) is 5.60. The summed E-state index contributed by atoms with van der Waals surface area (Å²) in [6, 6.07) is 0.0825. The first-order valence-electron chi connectivity index (χ1n) is 10.2. The van der Waals surface area contributed by atoms with E-state index in [2.05, 4.69) is 16.8 Å². The van der Waals surface area contributed by atoms with Gasteiger partial charge in [0, 0.05) is 31.9 Å². The fraction of sp³-hybridized carbons (Fsp3) is 0.750. The Hall–Kier alpha value is -1.87. The number of ether oxygens (including phenoxy) is 1. The minimum atomic E-state index is -0.550. The lowest BCUT2D eigenvalue weighted by Crippen LogP contribution is -2.55. The van der Waals surface area contributed by atoms with Crippen molar-refractivity contribution >= 4 is 24.6 Å². The lowest BCUT2D eigenvalue weighted by molar-refractivity contribution is 0.00578. The molecule has 0 aliphatic carbocycles. The molecule has 0 saturated carbocycles. The molecule has 0 N–H and O–H groups in total. The van der Waals surface area contributed by atoms with Gasteiger partial charge in [0.05, 0.1) is 23.0 Å². The summed E-state index contributed by atoms with van der Waals surface area (Å²) in [5.41, 5.74) is -0.702. The Morgan fingerprint density at radius 1 is 1.17 bits per heavy atom. The number of amides is 1. The van der Waals surface area contributed by atoms with Crippen molar-refractivity contribution in [2.75, 3.05) is 24.5 Å². The Labute approximate surface area is 174 Å². The van der Waals surface area contributed by atoms with E-state index in [4.69, 9.17) is 19.0 Å². The summed E-state index contributed by atoms with van der Waals surface area (Å²) in [7, 11) is -0.550. The van der Waals surface area contributed by atoms with Crippen molar-refractivity contribution in [1.82, 2.24) is 14.9 Å². The molecule has 2 aliphatic heterocycles. The topological polar surface area (TPSA) is 77.0 Å². The maximum atomic E-state index is 12.4. The highest BCUT2D eigenvalue weighted by Gasteiger charge is 2.52. The molecule has 9 heteroatoms. The minimum Gasteiger partial charge on any atom is -0.444 e. The Morgan fingerprint density at radius 2 is 1.79 bits per heavy atom. The van der Waals surface area contributed by atoms with Crippen LogP contribution in [-0.4, -0.2) is 70.6 Å². The third kappa shape index (κ3) is 4.66. The zero-order valence-electron chi connectivity index (χ0n) is 18.9. The van der Waals surface area contributed by atoms with Gasteiger partial charge in [-0.25, -0.2) is 9.78 Å². The van der Waals surface area contributed by atoms with Crippen molar-refractivity contribution in [3.05, 3.63) is 12.4 Å². The second kappa shape index (κ2) is 7.43. The minimum absolute atomic E-state index is 0.0825. The summed E-state index contributed by atoms with van der Waals surface area (Å²) >= 11 is 0. The lowest BCUT2D eigenvalue weighted by Gasteiger charge is -2.40. The van der Waals surface area contributed by atoms with Crippen LogP contribution in [0.4, 0.5) is 10.6 Å². The van der Waals surface area contributed by atoms with E-state index in [1.807, 2.05) is 48.5 Å². The standard InChI is InChI=1S/C20H33BN4O4/c1-14-13-24(17(26)27-18(2,3)4)9-10-25(14)16-12-22-11-15(23-16)21-28-19(5,6)20(7,8)29-21/h11-12,14H,9-10,13H2,1-8H3/t14-/m1/s1. The van der Waals surface area contributed by atoms with Gasteiger partial charge in [-0.1, -0.05) is 0 Å². The molecule has 160 valence electrons. The highest BCUT2D eigenvalue weighted by Crippen LogP contribution is 2.36. The van der Waals surface area contributed by atoms with Crippen LogP contribution in [0, 0.1) is 0 Å². The van der Waals surface area contributed by atoms with Crippen LogP contribution in [0.25, 0.3) is 0 Å². The maximum absolute atomic E-state index is 12.4. The van der Waals surface area contributed by atoms with E-state index in [0.717, 1.165) is 5.82 Å². The first-order chi connectivity index (χ1) is 13.3. The molecule has 29 heavy (non-hydrogen) atoms. The maximum Gasteiger partial charge on any atom is 0.516 e. The molecule has 1 aromatic rings. The molecule has 8 nitrogen and oxygen atoms in total. The second-order valence-corrected chi connectivity index (χ2v) is 9.86. The van der Waals surface area contributed by atoms with E-state index in [9.17, 15) is 4.79 Å². The number of piperazine rings is 1. The average Bonchev–Trinajstić information content (AvgIpc) is 2.81. The van der Waals surface area contributed by atoms with Crippen LogP contribution in [0.2, 0.25) is 0 Å². The van der Waals surface area contributed by atoms with E-state index >= 15 is 0 Å². The molecule has 1 aromatic heterocycles. The van der Waals surface area contributed by atoms with Crippen LogP contribution in [0.5, 0.6) is 0 Å². The fourth-order valence-electron chi connectivity index (χ4n) is 3.38. The number of hydrogen-bond acceptors (Lipinski definition) is 7. The molecule has 2 saturated heterocycles. The lowest BCUT2D eigenvalue weighted by atomic mass is 9.85. The molecular weight excluding hydrogens is 371 g/mol. The molecule has 1 amide bonds. The van der Waals surface area contributed by atoms with Crippen LogP contribution >= 0.6 is 0 Å². The Morgan fingerprint density at radius 3 is 2.34 bits per heavy atom. The van der Waals surface area contributed by atoms with Crippen molar-refractivity contribution in [3.8, 4) is 0 Å². The molecule has 1 atom stereocenters. The van der Waals surface area contributed by atoms with Crippen LogP contribution in [0.15, 0.2) is 12.4 Å². The zero-order valence-corrected chi connectivity index (χ0v) is 18.9. The van der Waals surface area contributed by atoms with Gasteiger partial charge >= 0.3 is 13.2 Å². The fourth-order valence-corrected chi connectivity index (χ4v) is 3.38. The summed E-state index contributed by atoms with van der Waals surface area (Å²) in [6.45, 7) is 17.6. The highest BCUT2D eigenvalue weighted by atomic mass is 16.7. The zero-order chi connectivity index (χ0) is 21.6. The summed E-state index contributed by atoms with van der Waals surface area (Å²) in [5, 5.41) is 0. The third-order valence-corrected chi connectivity index (χ3v) is 5.71. The first kappa shape index (κ1) is 21.8. The van der Waals surface area contributed by atoms with E-state index in [0.29, 0.717) is 25.2 Å². The van der Waals surface area contributed by atoms with E-state index < -0.39 is 23.9 Å². The monoisotopic (exact) mass is 404 g/mol. The summed E-state index contributed by atoms with van der Waals surface area (Å²) in [4.78, 5) is 25.4. The molecule has 2 fully saturated rings. The molecule has 0 aromatic carbocycles. The van der Waals surface area contributed by atoms with Gasteiger partial charge < -0.3 is 23.8 Å². The number of aromatic nitrogens is 2. The summed E-state index contributed by atoms with van der Waals surface area (Å²) in [6.07, 6.45) is 3.16. The van der Waals surface area contributed by atoms with Gasteiger partial charge in [-0.05, 0) is 55.4 Å². The molecule has 0 radical (unpaired) electrons. The average molecular weight is 404 g/mol. The van der Waals surface area contributed by atoms with E-state index in [-0.39, 0.29) is 12.1 Å². The van der Waals surface area contributed by atoms with E-state index in [1.165, 1.54) is 0 Å². The molecular formula is C20H33BN4O4. The molecule has 3 rings (SSSR count). The van der Waals surface area contributed by atoms with Crippen molar-refractivity contribution in [3.63, 3.8) is 0 Å². The molecule has 0 spiro atoms. The van der Waals surface area contributed by atoms with Crippen molar-refractivity contribution in [2.45, 2.75) is 78.2 Å². The third-order valence-electron chi connectivity index (χ3n) is 5.71. The number of carbonyl (C=O) groups excluding carboxylic acids is 1. The van der Waals surface area contributed by atoms with Gasteiger partial charge in [-0.15, -0.1) is 0 Å². The number of nitrogens with zero attached hydrogens (tertiary/aromatic N) is 4. The largest absolute Gasteiger partial charge is 0.516 e. The van der Waals surface area contributed by atoms with Crippen molar-refractivity contribution in [1.29, 1.82) is 0 Å². The number of hydrogen-bond donors (Lipinski definition) is 0. The first-order valence-corrected chi connectivity index (χ1v) is 10.2. The van der Waals surface area contributed by atoms with E-state index in [1.54, 1.807) is 17.3 Å². The van der Waals surface area contributed by atoms with Crippen molar-refractivity contribution < 1.29 is 18.8 Å². The van der Waals surface area contributed by atoms with Gasteiger partial charge in [0.2, 0.25) is 0 Å². The van der Waals surface area contributed by atoms with Crippen LogP contribution in [0.1, 0.15) is 55.4 Å². The number of carbonyl (C=O) groups is 1. The molecule has 0 bridgehead atoms.